The van der Waals surface area contributed by atoms with E-state index in [1.807, 2.05) is 56.3 Å². The minimum atomic E-state index is -0.527. The summed E-state index contributed by atoms with van der Waals surface area (Å²) in [4.78, 5) is 12.5. The predicted molar refractivity (Wildman–Crippen MR) is 107 cm³/mol. The molecule has 1 unspecified atom stereocenters. The average molecular weight is 371 g/mol. The van der Waals surface area contributed by atoms with Gasteiger partial charge in [-0.3, -0.25) is 4.79 Å². The Hall–Kier alpha value is -2.69. The Morgan fingerprint density at radius 1 is 1.11 bits per heavy atom. The molecule has 0 fully saturated rings. The minimum Gasteiger partial charge on any atom is -0.493 e. The first-order chi connectivity index (χ1) is 13.1. The van der Waals surface area contributed by atoms with Crippen LogP contribution in [0.1, 0.15) is 37.8 Å². The van der Waals surface area contributed by atoms with Crippen molar-refractivity contribution in [2.75, 3.05) is 13.7 Å². The lowest BCUT2D eigenvalue weighted by atomic mass is 10.2. The Morgan fingerprint density at radius 2 is 1.93 bits per heavy atom. The van der Waals surface area contributed by atoms with E-state index in [0.717, 1.165) is 17.5 Å². The maximum Gasteiger partial charge on any atom is 0.261 e. The van der Waals surface area contributed by atoms with E-state index in [4.69, 9.17) is 14.2 Å². The first-order valence-electron chi connectivity index (χ1n) is 9.38. The molecule has 0 saturated carbocycles. The summed E-state index contributed by atoms with van der Waals surface area (Å²) >= 11 is 0. The van der Waals surface area contributed by atoms with Crippen LogP contribution >= 0.6 is 0 Å². The highest BCUT2D eigenvalue weighted by Gasteiger charge is 2.18. The molecule has 0 bridgehead atoms. The lowest BCUT2D eigenvalue weighted by Crippen LogP contribution is -2.37. The van der Waals surface area contributed by atoms with E-state index in [0.29, 0.717) is 36.8 Å². The Kier molecular flexibility index (Phi) is 7.99. The normalized spacial score (nSPS) is 11.6. The predicted octanol–water partition coefficient (Wildman–Crippen LogP) is 4.27. The van der Waals surface area contributed by atoms with E-state index >= 15 is 0 Å². The Balaban J connectivity index is 1.96. The molecule has 1 atom stereocenters. The van der Waals surface area contributed by atoms with Gasteiger partial charge in [0, 0.05) is 6.54 Å². The molecule has 5 heteroatoms. The van der Waals surface area contributed by atoms with Crippen LogP contribution in [0.3, 0.4) is 0 Å². The molecule has 27 heavy (non-hydrogen) atoms. The molecule has 1 amide bonds. The molecule has 0 saturated heterocycles. The Bertz CT molecular complexity index is 745. The number of methoxy groups -OCH3 is 1. The fourth-order valence-corrected chi connectivity index (χ4v) is 2.63. The number of nitrogens with one attached hydrogen (secondary N) is 1. The molecule has 146 valence electrons. The SMILES string of the molecule is CCCOc1ccc(CNC(=O)C(CC)Oc2cccc(C)c2)cc1OC. The first kappa shape index (κ1) is 20.6. The van der Waals surface area contributed by atoms with Gasteiger partial charge >= 0.3 is 0 Å². The van der Waals surface area contributed by atoms with E-state index in [-0.39, 0.29) is 5.91 Å². The topological polar surface area (TPSA) is 56.8 Å². The van der Waals surface area contributed by atoms with E-state index < -0.39 is 6.10 Å². The van der Waals surface area contributed by atoms with Crippen LogP contribution < -0.4 is 19.5 Å². The summed E-state index contributed by atoms with van der Waals surface area (Å²) in [6, 6.07) is 13.4. The number of carbonyl (C=O) groups is 1. The maximum atomic E-state index is 12.5. The number of amides is 1. The molecule has 0 aliphatic heterocycles. The van der Waals surface area contributed by atoms with Gasteiger partial charge in [-0.15, -0.1) is 0 Å². The van der Waals surface area contributed by atoms with Gasteiger partial charge < -0.3 is 19.5 Å². The van der Waals surface area contributed by atoms with Crippen molar-refractivity contribution in [2.45, 2.75) is 46.3 Å². The zero-order chi connectivity index (χ0) is 19.6. The van der Waals surface area contributed by atoms with Gasteiger partial charge in [0.1, 0.15) is 5.75 Å². The van der Waals surface area contributed by atoms with E-state index in [1.165, 1.54) is 0 Å². The zero-order valence-corrected chi connectivity index (χ0v) is 16.6. The number of rotatable bonds is 10. The second-order valence-electron chi connectivity index (χ2n) is 6.38. The number of hydrogen-bond acceptors (Lipinski definition) is 4. The molecule has 0 heterocycles. The van der Waals surface area contributed by atoms with Crippen LogP contribution in [-0.2, 0) is 11.3 Å². The summed E-state index contributed by atoms with van der Waals surface area (Å²) in [6.07, 6.45) is 0.994. The van der Waals surface area contributed by atoms with Crippen LogP contribution in [-0.4, -0.2) is 25.7 Å². The molecule has 5 nitrogen and oxygen atoms in total. The quantitative estimate of drug-likeness (QED) is 0.678. The summed E-state index contributed by atoms with van der Waals surface area (Å²) in [5.41, 5.74) is 2.04. The smallest absolute Gasteiger partial charge is 0.261 e. The van der Waals surface area contributed by atoms with Crippen molar-refractivity contribution in [3.8, 4) is 17.2 Å². The third-order valence-corrected chi connectivity index (χ3v) is 4.09. The summed E-state index contributed by atoms with van der Waals surface area (Å²) in [7, 11) is 1.61. The summed E-state index contributed by atoms with van der Waals surface area (Å²) in [5, 5.41) is 2.94. The number of ether oxygens (including phenoxy) is 3. The summed E-state index contributed by atoms with van der Waals surface area (Å²) in [5.74, 6) is 1.95. The average Bonchev–Trinajstić information content (AvgIpc) is 2.68. The van der Waals surface area contributed by atoms with Crippen LogP contribution in [0.4, 0.5) is 0 Å². The van der Waals surface area contributed by atoms with Crippen LogP contribution in [0.15, 0.2) is 42.5 Å². The molecule has 2 aromatic rings. The van der Waals surface area contributed by atoms with Crippen molar-refractivity contribution >= 4 is 5.91 Å². The van der Waals surface area contributed by atoms with Crippen LogP contribution in [0, 0.1) is 6.92 Å². The molecular weight excluding hydrogens is 342 g/mol. The van der Waals surface area contributed by atoms with Crippen molar-refractivity contribution in [2.24, 2.45) is 0 Å². The highest BCUT2D eigenvalue weighted by atomic mass is 16.5. The highest BCUT2D eigenvalue weighted by Crippen LogP contribution is 2.28. The third-order valence-electron chi connectivity index (χ3n) is 4.09. The van der Waals surface area contributed by atoms with Gasteiger partial charge in [0.15, 0.2) is 17.6 Å². The number of hydrogen-bond donors (Lipinski definition) is 1. The van der Waals surface area contributed by atoms with Gasteiger partial charge in [-0.2, -0.15) is 0 Å². The van der Waals surface area contributed by atoms with Crippen LogP contribution in [0.2, 0.25) is 0 Å². The van der Waals surface area contributed by atoms with Gasteiger partial charge in [0.25, 0.3) is 5.91 Å². The fraction of sp³-hybridized carbons (Fsp3) is 0.409. The molecule has 0 aliphatic carbocycles. The fourth-order valence-electron chi connectivity index (χ4n) is 2.63. The van der Waals surface area contributed by atoms with Gasteiger partial charge in [-0.25, -0.2) is 0 Å². The standard InChI is InChI=1S/C22H29NO4/c1-5-12-26-20-11-10-17(14-21(20)25-4)15-23-22(24)19(6-2)27-18-9-7-8-16(3)13-18/h7-11,13-14,19H,5-6,12,15H2,1-4H3,(H,23,24). The molecular formula is C22H29NO4. The molecule has 0 spiro atoms. The first-order valence-corrected chi connectivity index (χ1v) is 9.38. The van der Waals surface area contributed by atoms with E-state index in [2.05, 4.69) is 12.2 Å². The lowest BCUT2D eigenvalue weighted by Gasteiger charge is -2.18. The van der Waals surface area contributed by atoms with Gasteiger partial charge in [0.05, 0.1) is 13.7 Å². The second kappa shape index (κ2) is 10.5. The second-order valence-corrected chi connectivity index (χ2v) is 6.38. The summed E-state index contributed by atoms with van der Waals surface area (Å²) < 4.78 is 16.9. The highest BCUT2D eigenvalue weighted by molar-refractivity contribution is 5.81. The largest absolute Gasteiger partial charge is 0.493 e. The van der Waals surface area contributed by atoms with Crippen LogP contribution in [0.5, 0.6) is 17.2 Å². The van der Waals surface area contributed by atoms with Gasteiger partial charge in [-0.1, -0.05) is 32.0 Å². The van der Waals surface area contributed by atoms with E-state index in [9.17, 15) is 4.79 Å². The number of aryl methyl sites for hydroxylation is 1. The van der Waals surface area contributed by atoms with Crippen molar-refractivity contribution in [1.82, 2.24) is 5.32 Å². The minimum absolute atomic E-state index is 0.135. The molecule has 2 rings (SSSR count). The monoisotopic (exact) mass is 371 g/mol. The van der Waals surface area contributed by atoms with Crippen molar-refractivity contribution in [1.29, 1.82) is 0 Å². The van der Waals surface area contributed by atoms with Crippen molar-refractivity contribution in [3.63, 3.8) is 0 Å². The summed E-state index contributed by atoms with van der Waals surface area (Å²) in [6.45, 7) is 7.02. The van der Waals surface area contributed by atoms with Gasteiger partial charge in [0.2, 0.25) is 0 Å². The zero-order valence-electron chi connectivity index (χ0n) is 16.6. The Labute approximate surface area is 161 Å². The molecule has 1 N–H and O–H groups in total. The molecule has 0 aliphatic rings. The Morgan fingerprint density at radius 3 is 2.59 bits per heavy atom. The molecule has 0 radical (unpaired) electrons. The van der Waals surface area contributed by atoms with Gasteiger partial charge in [-0.05, 0) is 55.2 Å². The molecule has 0 aromatic heterocycles. The number of benzene rings is 2. The van der Waals surface area contributed by atoms with Crippen molar-refractivity contribution < 1.29 is 19.0 Å². The van der Waals surface area contributed by atoms with Crippen LogP contribution in [0.25, 0.3) is 0 Å². The van der Waals surface area contributed by atoms with Crippen molar-refractivity contribution in [3.05, 3.63) is 53.6 Å². The van der Waals surface area contributed by atoms with E-state index in [1.54, 1.807) is 7.11 Å². The maximum absolute atomic E-state index is 12.5. The number of carbonyl (C=O) groups excluding carboxylic acids is 1. The molecule has 2 aromatic carbocycles. The lowest BCUT2D eigenvalue weighted by molar-refractivity contribution is -0.128. The third kappa shape index (κ3) is 6.20.